The molecule has 0 unspecified atom stereocenters. The van der Waals surface area contributed by atoms with Crippen molar-refractivity contribution in [2.24, 2.45) is 0 Å². The summed E-state index contributed by atoms with van der Waals surface area (Å²) in [5, 5.41) is 1.25. The molecule has 0 aromatic heterocycles. The average molecular weight is 393 g/mol. The van der Waals surface area contributed by atoms with Gasteiger partial charge >= 0.3 is 0 Å². The number of hydrogen-bond donors (Lipinski definition) is 1. The Hall–Kier alpha value is -1.59. The summed E-state index contributed by atoms with van der Waals surface area (Å²) in [5.74, 6) is 0.229. The minimum Gasteiger partial charge on any atom is -0.492 e. The van der Waals surface area contributed by atoms with E-state index >= 15 is 0 Å². The first-order valence-electron chi connectivity index (χ1n) is 10.2. The van der Waals surface area contributed by atoms with Gasteiger partial charge in [0.15, 0.2) is 0 Å². The van der Waals surface area contributed by atoms with E-state index in [0.29, 0.717) is 12.0 Å². The minimum atomic E-state index is -4.35. The van der Waals surface area contributed by atoms with Crippen molar-refractivity contribution in [2.75, 3.05) is 6.61 Å². The van der Waals surface area contributed by atoms with Crippen molar-refractivity contribution in [2.45, 2.75) is 76.0 Å². The molecule has 2 aromatic rings. The first kappa shape index (κ1) is 21.7. The molecule has 0 aliphatic heterocycles. The zero-order valence-corrected chi connectivity index (χ0v) is 17.1. The van der Waals surface area contributed by atoms with Crippen molar-refractivity contribution in [3.63, 3.8) is 0 Å². The van der Waals surface area contributed by atoms with E-state index in [1.807, 2.05) is 18.2 Å². The maximum atomic E-state index is 11.8. The summed E-state index contributed by atoms with van der Waals surface area (Å²) in [5.41, 5.74) is 0. The van der Waals surface area contributed by atoms with Crippen LogP contribution in [0.2, 0.25) is 0 Å². The first-order chi connectivity index (χ1) is 13.0. The van der Waals surface area contributed by atoms with E-state index in [9.17, 15) is 13.0 Å². The Morgan fingerprint density at radius 2 is 1.41 bits per heavy atom. The smallest absolute Gasteiger partial charge is 0.298 e. The van der Waals surface area contributed by atoms with Crippen LogP contribution in [-0.4, -0.2) is 19.6 Å². The largest absolute Gasteiger partial charge is 0.492 e. The van der Waals surface area contributed by atoms with E-state index < -0.39 is 10.1 Å². The van der Waals surface area contributed by atoms with Gasteiger partial charge in [0.05, 0.1) is 6.61 Å². The zero-order valence-electron chi connectivity index (χ0n) is 16.3. The van der Waals surface area contributed by atoms with Crippen LogP contribution in [0.4, 0.5) is 0 Å². The molecule has 0 bridgehead atoms. The maximum absolute atomic E-state index is 11.8. The Morgan fingerprint density at radius 1 is 0.815 bits per heavy atom. The molecule has 0 aliphatic rings. The van der Waals surface area contributed by atoms with Crippen molar-refractivity contribution in [1.82, 2.24) is 0 Å². The minimum absolute atomic E-state index is 0.132. The lowest BCUT2D eigenvalue weighted by molar-refractivity contribution is 0.296. The molecule has 2 rings (SSSR count). The molecule has 1 N–H and O–H groups in total. The molecule has 0 fully saturated rings. The topological polar surface area (TPSA) is 63.6 Å². The third-order valence-corrected chi connectivity index (χ3v) is 5.79. The molecule has 0 heterocycles. The molecule has 2 aromatic carbocycles. The molecule has 4 nitrogen and oxygen atoms in total. The van der Waals surface area contributed by atoms with E-state index in [2.05, 4.69) is 6.92 Å². The average Bonchev–Trinajstić information content (AvgIpc) is 2.64. The van der Waals surface area contributed by atoms with Gasteiger partial charge in [0.2, 0.25) is 0 Å². The van der Waals surface area contributed by atoms with Gasteiger partial charge in [-0.15, -0.1) is 0 Å². The fourth-order valence-electron chi connectivity index (χ4n) is 3.37. The molecule has 0 aliphatic carbocycles. The third kappa shape index (κ3) is 7.15. The normalized spacial score (nSPS) is 11.8. The van der Waals surface area contributed by atoms with E-state index in [-0.39, 0.29) is 10.6 Å². The highest BCUT2D eigenvalue weighted by molar-refractivity contribution is 7.86. The van der Waals surface area contributed by atoms with Gasteiger partial charge in [0.1, 0.15) is 10.6 Å². The number of fused-ring (bicyclic) bond motifs is 1. The van der Waals surface area contributed by atoms with Gasteiger partial charge in [0.25, 0.3) is 10.1 Å². The first-order valence-corrected chi connectivity index (χ1v) is 11.6. The Labute approximate surface area is 163 Å². The summed E-state index contributed by atoms with van der Waals surface area (Å²) in [4.78, 5) is -0.132. The number of rotatable bonds is 13. The molecule has 0 saturated heterocycles. The Bertz CT molecular complexity index is 799. The monoisotopic (exact) mass is 392 g/mol. The fraction of sp³-hybridized carbons (Fsp3) is 0.545. The van der Waals surface area contributed by atoms with Crippen LogP contribution >= 0.6 is 0 Å². The summed E-state index contributed by atoms with van der Waals surface area (Å²) >= 11 is 0. The van der Waals surface area contributed by atoms with E-state index in [1.54, 1.807) is 18.2 Å². The molecule has 150 valence electrons. The van der Waals surface area contributed by atoms with Gasteiger partial charge in [0, 0.05) is 5.39 Å². The predicted molar refractivity (Wildman–Crippen MR) is 111 cm³/mol. The lowest BCUT2D eigenvalue weighted by Gasteiger charge is -2.12. The predicted octanol–water partition coefficient (Wildman–Crippen LogP) is 6.39. The van der Waals surface area contributed by atoms with Crippen LogP contribution in [0, 0.1) is 0 Å². The van der Waals surface area contributed by atoms with Gasteiger partial charge in [-0.3, -0.25) is 4.55 Å². The molecular weight excluding hydrogens is 360 g/mol. The highest BCUT2D eigenvalue weighted by atomic mass is 32.2. The Morgan fingerprint density at radius 3 is 2.04 bits per heavy atom. The van der Waals surface area contributed by atoms with Crippen LogP contribution in [-0.2, 0) is 10.1 Å². The maximum Gasteiger partial charge on any atom is 0.298 e. The second kappa shape index (κ2) is 11.3. The van der Waals surface area contributed by atoms with Gasteiger partial charge in [-0.1, -0.05) is 95.0 Å². The van der Waals surface area contributed by atoms with Crippen molar-refractivity contribution >= 4 is 20.9 Å². The van der Waals surface area contributed by atoms with Crippen LogP contribution in [0.3, 0.4) is 0 Å². The third-order valence-electron chi connectivity index (χ3n) is 4.86. The van der Waals surface area contributed by atoms with Crippen LogP contribution < -0.4 is 4.74 Å². The second-order valence-corrected chi connectivity index (χ2v) is 8.48. The highest BCUT2D eigenvalue weighted by Gasteiger charge is 2.20. The van der Waals surface area contributed by atoms with Crippen LogP contribution in [0.15, 0.2) is 41.3 Å². The van der Waals surface area contributed by atoms with Crippen molar-refractivity contribution in [3.05, 3.63) is 36.4 Å². The molecule has 0 amide bonds. The number of hydrogen-bond acceptors (Lipinski definition) is 3. The van der Waals surface area contributed by atoms with E-state index in [0.717, 1.165) is 18.2 Å². The molecule has 27 heavy (non-hydrogen) atoms. The van der Waals surface area contributed by atoms with Gasteiger partial charge in [-0.25, -0.2) is 0 Å². The van der Waals surface area contributed by atoms with Crippen molar-refractivity contribution in [3.8, 4) is 5.75 Å². The standard InChI is InChI=1S/C22H32O4S/c1-2-3-4-5-6-7-8-9-10-13-18-26-21-17-16-19-14-11-12-15-20(19)22(21)27(23,24)25/h11-12,14-17H,2-10,13,18H2,1H3,(H,23,24,25). The summed E-state index contributed by atoms with van der Waals surface area (Å²) in [7, 11) is -4.35. The molecule has 5 heteroatoms. The second-order valence-electron chi connectivity index (χ2n) is 7.12. The summed E-state index contributed by atoms with van der Waals surface area (Å²) < 4.78 is 39.0. The molecule has 0 spiro atoms. The summed E-state index contributed by atoms with van der Waals surface area (Å²) in [6, 6.07) is 10.5. The van der Waals surface area contributed by atoms with Crippen molar-refractivity contribution < 1.29 is 17.7 Å². The van der Waals surface area contributed by atoms with E-state index in [1.165, 1.54) is 51.4 Å². The lowest BCUT2D eigenvalue weighted by Crippen LogP contribution is -2.06. The van der Waals surface area contributed by atoms with Crippen LogP contribution in [0.5, 0.6) is 5.75 Å². The van der Waals surface area contributed by atoms with Crippen molar-refractivity contribution in [1.29, 1.82) is 0 Å². The molecule has 0 radical (unpaired) electrons. The molecule has 0 atom stereocenters. The van der Waals surface area contributed by atoms with E-state index in [4.69, 9.17) is 4.74 Å². The summed E-state index contributed by atoms with van der Waals surface area (Å²) in [6.07, 6.45) is 12.3. The highest BCUT2D eigenvalue weighted by Crippen LogP contribution is 2.32. The SMILES string of the molecule is CCCCCCCCCCCCOc1ccc2ccccc2c1S(=O)(=O)O. The zero-order chi connectivity index (χ0) is 19.5. The van der Waals surface area contributed by atoms with Gasteiger partial charge in [-0.2, -0.15) is 8.42 Å². The Kier molecular flexibility index (Phi) is 9.08. The Balaban J connectivity index is 1.77. The number of ether oxygens (including phenoxy) is 1. The lowest BCUT2D eigenvalue weighted by atomic mass is 10.1. The van der Waals surface area contributed by atoms with Crippen LogP contribution in [0.1, 0.15) is 71.1 Å². The quantitative estimate of drug-likeness (QED) is 0.317. The number of unbranched alkanes of at least 4 members (excludes halogenated alkanes) is 9. The number of benzene rings is 2. The molecular formula is C22H32O4S. The fourth-order valence-corrected chi connectivity index (χ4v) is 4.22. The van der Waals surface area contributed by atoms with Gasteiger partial charge in [-0.05, 0) is 17.9 Å². The van der Waals surface area contributed by atoms with Gasteiger partial charge < -0.3 is 4.74 Å². The molecule has 0 saturated carbocycles. The summed E-state index contributed by atoms with van der Waals surface area (Å²) in [6.45, 7) is 2.69. The van der Waals surface area contributed by atoms with Crippen LogP contribution in [0.25, 0.3) is 10.8 Å².